The van der Waals surface area contributed by atoms with Gasteiger partial charge in [-0.15, -0.1) is 0 Å². The molecule has 1 heterocycles. The molecule has 3 N–H and O–H groups in total. The van der Waals surface area contributed by atoms with Gasteiger partial charge in [-0.3, -0.25) is 9.59 Å². The number of carboxylic acid groups (broad SMARTS) is 1. The summed E-state index contributed by atoms with van der Waals surface area (Å²) < 4.78 is 5.57. The molecule has 0 fully saturated rings. The van der Waals surface area contributed by atoms with Gasteiger partial charge < -0.3 is 20.5 Å². The molecule has 2 aromatic rings. The zero-order valence-electron chi connectivity index (χ0n) is 15.2. The summed E-state index contributed by atoms with van der Waals surface area (Å²) in [4.78, 5) is 36.4. The third-order valence-corrected chi connectivity index (χ3v) is 4.66. The first-order valence-corrected chi connectivity index (χ1v) is 8.50. The number of para-hydroxylation sites is 1. The van der Waals surface area contributed by atoms with E-state index in [1.54, 1.807) is 31.2 Å². The second-order valence-corrected chi connectivity index (χ2v) is 6.47. The average molecular weight is 368 g/mol. The number of amides is 2. The molecule has 3 rings (SSSR count). The molecule has 0 saturated carbocycles. The van der Waals surface area contributed by atoms with Crippen LogP contribution in [0.1, 0.15) is 40.0 Å². The maximum absolute atomic E-state index is 12.8. The van der Waals surface area contributed by atoms with E-state index in [1.807, 2.05) is 19.9 Å². The molecule has 140 valence electrons. The predicted octanol–water partition coefficient (Wildman–Crippen LogP) is 2.58. The molecule has 2 atom stereocenters. The van der Waals surface area contributed by atoms with Crippen molar-refractivity contribution in [1.82, 2.24) is 5.32 Å². The van der Waals surface area contributed by atoms with Crippen LogP contribution in [0.25, 0.3) is 0 Å². The van der Waals surface area contributed by atoms with Gasteiger partial charge in [0.25, 0.3) is 11.8 Å². The molecule has 7 heteroatoms. The number of carbonyl (C=O) groups is 3. The number of hydrogen-bond acceptors (Lipinski definition) is 4. The highest BCUT2D eigenvalue weighted by molar-refractivity contribution is 6.04. The van der Waals surface area contributed by atoms with Crippen LogP contribution in [0.15, 0.2) is 36.4 Å². The maximum atomic E-state index is 12.8. The van der Waals surface area contributed by atoms with E-state index in [0.29, 0.717) is 11.3 Å². The molecule has 2 unspecified atom stereocenters. The minimum Gasteiger partial charge on any atom is -0.479 e. The number of anilines is 1. The highest BCUT2D eigenvalue weighted by Gasteiger charge is 2.30. The van der Waals surface area contributed by atoms with Crippen LogP contribution in [0.2, 0.25) is 0 Å². The molecule has 27 heavy (non-hydrogen) atoms. The fourth-order valence-electron chi connectivity index (χ4n) is 2.97. The Bertz CT molecular complexity index is 938. The van der Waals surface area contributed by atoms with Gasteiger partial charge in [0, 0.05) is 0 Å². The Morgan fingerprint density at radius 1 is 1.19 bits per heavy atom. The van der Waals surface area contributed by atoms with Crippen LogP contribution >= 0.6 is 0 Å². The summed E-state index contributed by atoms with van der Waals surface area (Å²) in [6, 6.07) is 8.86. The number of aliphatic carboxylic acids is 1. The second kappa shape index (κ2) is 7.11. The average Bonchev–Trinajstić information content (AvgIpc) is 2.62. The van der Waals surface area contributed by atoms with E-state index in [9.17, 15) is 19.5 Å². The van der Waals surface area contributed by atoms with Crippen LogP contribution in [0.3, 0.4) is 0 Å². The van der Waals surface area contributed by atoms with E-state index in [1.165, 1.54) is 6.07 Å². The Balaban J connectivity index is 1.94. The Kier molecular flexibility index (Phi) is 4.85. The lowest BCUT2D eigenvalue weighted by atomic mass is 9.97. The summed E-state index contributed by atoms with van der Waals surface area (Å²) in [5.41, 5.74) is 2.80. The van der Waals surface area contributed by atoms with E-state index >= 15 is 0 Å². The smallest absolute Gasteiger partial charge is 0.330 e. The summed E-state index contributed by atoms with van der Waals surface area (Å²) in [5.74, 6) is -1.83. The molecule has 0 radical (unpaired) electrons. The molecule has 0 aliphatic carbocycles. The van der Waals surface area contributed by atoms with E-state index < -0.39 is 24.0 Å². The number of nitrogens with one attached hydrogen (secondary N) is 2. The summed E-state index contributed by atoms with van der Waals surface area (Å²) >= 11 is 0. The minimum atomic E-state index is -1.20. The number of carbonyl (C=O) groups excluding carboxylic acids is 2. The maximum Gasteiger partial charge on any atom is 0.330 e. The third-order valence-electron chi connectivity index (χ3n) is 4.66. The quantitative estimate of drug-likeness (QED) is 0.769. The number of ether oxygens (including phenoxy) is 1. The van der Waals surface area contributed by atoms with E-state index in [-0.39, 0.29) is 17.2 Å². The van der Waals surface area contributed by atoms with Crippen molar-refractivity contribution in [2.24, 2.45) is 0 Å². The summed E-state index contributed by atoms with van der Waals surface area (Å²) in [5, 5.41) is 14.9. The number of benzene rings is 2. The highest BCUT2D eigenvalue weighted by Crippen LogP contribution is 2.33. The Morgan fingerprint density at radius 3 is 2.59 bits per heavy atom. The van der Waals surface area contributed by atoms with Gasteiger partial charge in [-0.1, -0.05) is 24.3 Å². The first-order chi connectivity index (χ1) is 12.8. The molecular formula is C20H20N2O5. The Hall–Kier alpha value is -3.35. The molecule has 0 bridgehead atoms. The van der Waals surface area contributed by atoms with Crippen LogP contribution in [0, 0.1) is 13.8 Å². The molecule has 0 saturated heterocycles. The normalized spacial score (nSPS) is 16.6. The lowest BCUT2D eigenvalue weighted by Crippen LogP contribution is -2.37. The van der Waals surface area contributed by atoms with Crippen LogP contribution in [-0.2, 0) is 9.59 Å². The number of carboxylic acids is 1. The molecule has 0 aromatic heterocycles. The Labute approximate surface area is 156 Å². The van der Waals surface area contributed by atoms with Crippen LogP contribution in [0.4, 0.5) is 5.69 Å². The van der Waals surface area contributed by atoms with Gasteiger partial charge in [0.1, 0.15) is 0 Å². The van der Waals surface area contributed by atoms with Crippen molar-refractivity contribution >= 4 is 23.5 Å². The van der Waals surface area contributed by atoms with Crippen LogP contribution in [0.5, 0.6) is 5.75 Å². The summed E-state index contributed by atoms with van der Waals surface area (Å²) in [6.45, 7) is 5.27. The number of fused-ring (bicyclic) bond motifs is 1. The van der Waals surface area contributed by atoms with Crippen molar-refractivity contribution in [2.45, 2.75) is 32.9 Å². The van der Waals surface area contributed by atoms with Crippen LogP contribution in [-0.4, -0.2) is 29.0 Å². The number of aryl methyl sites for hydroxylation is 1. The van der Waals surface area contributed by atoms with Gasteiger partial charge in [-0.05, 0) is 49.6 Å². The standard InChI is InChI=1S/C20H20N2O5/c1-10-6-4-7-13(11(10)2)16(20(25)26)22-19(24)14-8-5-9-15-17(14)27-12(3)18(23)21-15/h4-9,12,16H,1-3H3,(H,21,23)(H,22,24)(H,25,26). The van der Waals surface area contributed by atoms with Crippen molar-refractivity contribution in [3.05, 3.63) is 58.7 Å². The lowest BCUT2D eigenvalue weighted by molar-refractivity contribution is -0.139. The zero-order chi connectivity index (χ0) is 19.7. The summed E-state index contributed by atoms with van der Waals surface area (Å²) in [7, 11) is 0. The number of hydrogen-bond donors (Lipinski definition) is 3. The highest BCUT2D eigenvalue weighted by atomic mass is 16.5. The first-order valence-electron chi connectivity index (χ1n) is 8.50. The first kappa shape index (κ1) is 18.4. The van der Waals surface area contributed by atoms with Crippen molar-refractivity contribution in [1.29, 1.82) is 0 Å². The fraction of sp³-hybridized carbons (Fsp3) is 0.250. The van der Waals surface area contributed by atoms with E-state index in [2.05, 4.69) is 10.6 Å². The van der Waals surface area contributed by atoms with Crippen molar-refractivity contribution in [3.63, 3.8) is 0 Å². The fourth-order valence-corrected chi connectivity index (χ4v) is 2.97. The van der Waals surface area contributed by atoms with E-state index in [0.717, 1.165) is 11.1 Å². The van der Waals surface area contributed by atoms with Gasteiger partial charge in [-0.25, -0.2) is 4.79 Å². The SMILES string of the molecule is Cc1cccc(C(NC(=O)c2cccc3c2OC(C)C(=O)N3)C(=O)O)c1C. The van der Waals surface area contributed by atoms with Gasteiger partial charge in [-0.2, -0.15) is 0 Å². The van der Waals surface area contributed by atoms with E-state index in [4.69, 9.17) is 4.74 Å². The molecule has 1 aliphatic heterocycles. The zero-order valence-corrected chi connectivity index (χ0v) is 15.2. The molecular weight excluding hydrogens is 348 g/mol. The van der Waals surface area contributed by atoms with Gasteiger partial charge in [0.15, 0.2) is 17.9 Å². The molecule has 2 amide bonds. The minimum absolute atomic E-state index is 0.163. The monoisotopic (exact) mass is 368 g/mol. The molecule has 2 aromatic carbocycles. The molecule has 7 nitrogen and oxygen atoms in total. The van der Waals surface area contributed by atoms with Crippen molar-refractivity contribution in [3.8, 4) is 5.75 Å². The van der Waals surface area contributed by atoms with Gasteiger partial charge in [0.05, 0.1) is 11.3 Å². The van der Waals surface area contributed by atoms with Crippen LogP contribution < -0.4 is 15.4 Å². The summed E-state index contributed by atoms with van der Waals surface area (Å²) in [6.07, 6.45) is -0.749. The number of rotatable bonds is 4. The van der Waals surface area contributed by atoms with Crippen molar-refractivity contribution < 1.29 is 24.2 Å². The second-order valence-electron chi connectivity index (χ2n) is 6.47. The Morgan fingerprint density at radius 2 is 1.89 bits per heavy atom. The lowest BCUT2D eigenvalue weighted by Gasteiger charge is -2.25. The van der Waals surface area contributed by atoms with Gasteiger partial charge in [0.2, 0.25) is 0 Å². The molecule has 1 aliphatic rings. The predicted molar refractivity (Wildman–Crippen MR) is 98.9 cm³/mol. The van der Waals surface area contributed by atoms with Crippen molar-refractivity contribution in [2.75, 3.05) is 5.32 Å². The van der Waals surface area contributed by atoms with Gasteiger partial charge >= 0.3 is 5.97 Å². The largest absolute Gasteiger partial charge is 0.479 e. The topological polar surface area (TPSA) is 105 Å². The molecule has 0 spiro atoms. The third kappa shape index (κ3) is 3.48.